The Labute approximate surface area is 188 Å². The predicted octanol–water partition coefficient (Wildman–Crippen LogP) is 4.28. The number of aliphatic hydroxyl groups excluding tert-OH is 2. The van der Waals surface area contributed by atoms with Crippen molar-refractivity contribution >= 4 is 28.9 Å². The topological polar surface area (TPSA) is 85.7 Å². The molecule has 1 aromatic heterocycles. The molecule has 1 aliphatic rings. The van der Waals surface area contributed by atoms with Crippen molar-refractivity contribution in [2.45, 2.75) is 32.0 Å². The molecular formula is C22H23ClF3N3O3. The molecule has 0 fully saturated rings. The predicted molar refractivity (Wildman–Crippen MR) is 115 cm³/mol. The first-order valence-electron chi connectivity index (χ1n) is 9.95. The first-order valence-corrected chi connectivity index (χ1v) is 10.3. The lowest BCUT2D eigenvalue weighted by Gasteiger charge is -2.27. The average molecular weight is 470 g/mol. The molecule has 0 bridgehead atoms. The highest BCUT2D eigenvalue weighted by Crippen LogP contribution is 2.33. The van der Waals surface area contributed by atoms with Gasteiger partial charge in [0.2, 0.25) is 0 Å². The highest BCUT2D eigenvalue weighted by Gasteiger charge is 2.32. The number of aliphatic hydroxyl groups is 2. The van der Waals surface area contributed by atoms with Crippen LogP contribution < -0.4 is 5.32 Å². The van der Waals surface area contributed by atoms with Gasteiger partial charge in [0.05, 0.1) is 29.0 Å². The van der Waals surface area contributed by atoms with E-state index < -0.39 is 23.9 Å². The largest absolute Gasteiger partial charge is 0.416 e. The Bertz CT molecular complexity index is 1030. The quantitative estimate of drug-likeness (QED) is 0.610. The lowest BCUT2D eigenvalue weighted by molar-refractivity contribution is -0.138. The number of urea groups is 1. The molecule has 172 valence electrons. The number of anilines is 1. The van der Waals surface area contributed by atoms with Crippen LogP contribution in [0.3, 0.4) is 0 Å². The number of aromatic nitrogens is 1. The number of amides is 2. The summed E-state index contributed by atoms with van der Waals surface area (Å²) in [7, 11) is 0. The minimum atomic E-state index is -4.44. The van der Waals surface area contributed by atoms with E-state index in [1.807, 2.05) is 6.08 Å². The smallest absolute Gasteiger partial charge is 0.394 e. The van der Waals surface area contributed by atoms with Crippen LogP contribution in [0.25, 0.3) is 5.57 Å². The van der Waals surface area contributed by atoms with Crippen molar-refractivity contribution in [2.24, 2.45) is 0 Å². The van der Waals surface area contributed by atoms with E-state index >= 15 is 0 Å². The van der Waals surface area contributed by atoms with Gasteiger partial charge in [-0.25, -0.2) is 4.79 Å². The zero-order valence-electron chi connectivity index (χ0n) is 17.3. The average Bonchev–Trinajstić information content (AvgIpc) is 2.73. The van der Waals surface area contributed by atoms with Crippen molar-refractivity contribution in [3.8, 4) is 0 Å². The molecule has 0 radical (unpaired) electrons. The second-order valence-corrected chi connectivity index (χ2v) is 8.00. The van der Waals surface area contributed by atoms with Gasteiger partial charge in [-0.2, -0.15) is 13.2 Å². The number of halogens is 4. The van der Waals surface area contributed by atoms with E-state index in [2.05, 4.69) is 10.3 Å². The standard InChI is InChI=1S/C22H23ClF3N3O3/c1-13-8-16(2-3-18(13)22(24,25)26)28-21(32)29-6-4-15(5-7-29)20-19(23)10-14(11-27-20)9-17(31)12-30/h2-4,8,10-11,17,30-31H,5-7,9,12H2,1H3,(H,28,32)/t17-/m0/s1. The number of benzene rings is 1. The summed E-state index contributed by atoms with van der Waals surface area (Å²) in [6.07, 6.45) is -1.16. The van der Waals surface area contributed by atoms with E-state index in [-0.39, 0.29) is 18.6 Å². The van der Waals surface area contributed by atoms with Gasteiger partial charge < -0.3 is 20.4 Å². The fourth-order valence-corrected chi connectivity index (χ4v) is 3.80. The Morgan fingerprint density at radius 1 is 1.34 bits per heavy atom. The van der Waals surface area contributed by atoms with E-state index in [4.69, 9.17) is 16.7 Å². The molecule has 32 heavy (non-hydrogen) atoms. The number of carbonyl (C=O) groups is 1. The fourth-order valence-electron chi connectivity index (χ4n) is 3.49. The summed E-state index contributed by atoms with van der Waals surface area (Å²) in [5, 5.41) is 21.5. The normalized spacial score (nSPS) is 15.3. The first kappa shape index (κ1) is 24.0. The first-order chi connectivity index (χ1) is 15.1. The van der Waals surface area contributed by atoms with Crippen LogP contribution in [0, 0.1) is 6.92 Å². The number of alkyl halides is 3. The van der Waals surface area contributed by atoms with Gasteiger partial charge in [-0.3, -0.25) is 4.98 Å². The molecule has 10 heteroatoms. The van der Waals surface area contributed by atoms with Crippen LogP contribution in [0.1, 0.15) is 28.8 Å². The summed E-state index contributed by atoms with van der Waals surface area (Å²) in [6, 6.07) is 4.76. The number of hydrogen-bond acceptors (Lipinski definition) is 4. The second-order valence-electron chi connectivity index (χ2n) is 7.60. The molecule has 3 N–H and O–H groups in total. The maximum Gasteiger partial charge on any atom is 0.416 e. The van der Waals surface area contributed by atoms with E-state index in [0.29, 0.717) is 41.5 Å². The maximum atomic E-state index is 12.9. The highest BCUT2D eigenvalue weighted by atomic mass is 35.5. The van der Waals surface area contributed by atoms with Gasteiger partial charge in [-0.05, 0) is 54.3 Å². The lowest BCUT2D eigenvalue weighted by Crippen LogP contribution is -2.38. The van der Waals surface area contributed by atoms with E-state index in [1.54, 1.807) is 12.3 Å². The van der Waals surface area contributed by atoms with Crippen LogP contribution in [0.4, 0.5) is 23.7 Å². The van der Waals surface area contributed by atoms with Crippen LogP contribution in [0.15, 0.2) is 36.5 Å². The van der Waals surface area contributed by atoms with Gasteiger partial charge >= 0.3 is 12.2 Å². The Hall–Kier alpha value is -2.62. The molecule has 1 aromatic carbocycles. The third-order valence-electron chi connectivity index (χ3n) is 5.16. The van der Waals surface area contributed by atoms with Crippen LogP contribution in [0.2, 0.25) is 5.02 Å². The van der Waals surface area contributed by atoms with Crippen molar-refractivity contribution in [1.82, 2.24) is 9.88 Å². The SMILES string of the molecule is Cc1cc(NC(=O)N2CC=C(c3ncc(C[C@H](O)CO)cc3Cl)CC2)ccc1C(F)(F)F. The maximum absolute atomic E-state index is 12.9. The van der Waals surface area contributed by atoms with Gasteiger partial charge in [0.25, 0.3) is 0 Å². The number of nitrogens with one attached hydrogen (secondary N) is 1. The minimum absolute atomic E-state index is 0.0341. The summed E-state index contributed by atoms with van der Waals surface area (Å²) in [4.78, 5) is 18.4. The lowest BCUT2D eigenvalue weighted by atomic mass is 10.0. The van der Waals surface area contributed by atoms with Crippen LogP contribution in [-0.2, 0) is 12.6 Å². The summed E-state index contributed by atoms with van der Waals surface area (Å²) in [5.41, 5.74) is 1.75. The molecular weight excluding hydrogens is 447 g/mol. The van der Waals surface area contributed by atoms with E-state index in [0.717, 1.165) is 11.6 Å². The second kappa shape index (κ2) is 9.89. The van der Waals surface area contributed by atoms with E-state index in [9.17, 15) is 23.1 Å². The molecule has 2 heterocycles. The number of carbonyl (C=O) groups excluding carboxylic acids is 1. The molecule has 2 aromatic rings. The number of nitrogens with zero attached hydrogens (tertiary/aromatic N) is 2. The fraction of sp³-hybridized carbons (Fsp3) is 0.364. The highest BCUT2D eigenvalue weighted by molar-refractivity contribution is 6.32. The van der Waals surface area contributed by atoms with Crippen LogP contribution in [-0.4, -0.2) is 51.9 Å². The molecule has 3 rings (SSSR count). The van der Waals surface area contributed by atoms with E-state index in [1.165, 1.54) is 24.0 Å². The summed E-state index contributed by atoms with van der Waals surface area (Å²) < 4.78 is 38.7. The van der Waals surface area contributed by atoms with Crippen LogP contribution in [0.5, 0.6) is 0 Å². The van der Waals surface area contributed by atoms with Gasteiger partial charge in [-0.1, -0.05) is 17.7 Å². The summed E-state index contributed by atoms with van der Waals surface area (Å²) in [5.74, 6) is 0. The summed E-state index contributed by atoms with van der Waals surface area (Å²) in [6.45, 7) is 1.68. The summed E-state index contributed by atoms with van der Waals surface area (Å²) >= 11 is 6.33. The van der Waals surface area contributed by atoms with Crippen LogP contribution >= 0.6 is 11.6 Å². The van der Waals surface area contributed by atoms with Crippen molar-refractivity contribution in [3.05, 3.63) is 63.9 Å². The van der Waals surface area contributed by atoms with Gasteiger partial charge in [0.15, 0.2) is 0 Å². The molecule has 0 saturated heterocycles. The molecule has 0 saturated carbocycles. The number of aryl methyl sites for hydroxylation is 1. The third-order valence-corrected chi connectivity index (χ3v) is 5.45. The zero-order chi connectivity index (χ0) is 23.5. The Morgan fingerprint density at radius 2 is 2.09 bits per heavy atom. The Morgan fingerprint density at radius 3 is 2.66 bits per heavy atom. The zero-order valence-corrected chi connectivity index (χ0v) is 18.0. The molecule has 6 nitrogen and oxygen atoms in total. The molecule has 0 spiro atoms. The Kier molecular flexibility index (Phi) is 7.43. The molecule has 1 aliphatic heterocycles. The van der Waals surface area contributed by atoms with Gasteiger partial charge in [0, 0.05) is 31.4 Å². The molecule has 2 amide bonds. The number of rotatable bonds is 5. The van der Waals surface area contributed by atoms with Crippen molar-refractivity contribution in [2.75, 3.05) is 25.0 Å². The molecule has 0 aliphatic carbocycles. The number of pyridine rings is 1. The number of hydrogen-bond donors (Lipinski definition) is 3. The Balaban J connectivity index is 1.64. The molecule has 1 atom stereocenters. The van der Waals surface area contributed by atoms with Gasteiger partial charge in [0.1, 0.15) is 0 Å². The monoisotopic (exact) mass is 469 g/mol. The van der Waals surface area contributed by atoms with Crippen molar-refractivity contribution in [1.29, 1.82) is 0 Å². The van der Waals surface area contributed by atoms with Gasteiger partial charge in [-0.15, -0.1) is 0 Å². The van der Waals surface area contributed by atoms with Crippen molar-refractivity contribution < 1.29 is 28.2 Å². The molecule has 0 unspecified atom stereocenters. The third kappa shape index (κ3) is 5.79. The van der Waals surface area contributed by atoms with Crippen molar-refractivity contribution in [3.63, 3.8) is 0 Å². The minimum Gasteiger partial charge on any atom is -0.394 e.